The van der Waals surface area contributed by atoms with Gasteiger partial charge in [-0.05, 0) is 24.1 Å². The fourth-order valence-electron chi connectivity index (χ4n) is 1.80. The summed E-state index contributed by atoms with van der Waals surface area (Å²) >= 11 is 5.79. The lowest BCUT2D eigenvalue weighted by molar-refractivity contribution is -0.121. The van der Waals surface area contributed by atoms with Crippen LogP contribution >= 0.6 is 11.6 Å². The van der Waals surface area contributed by atoms with Gasteiger partial charge in [0.15, 0.2) is 0 Å². The van der Waals surface area contributed by atoms with E-state index in [0.29, 0.717) is 24.7 Å². The number of ether oxygens (including phenoxy) is 1. The van der Waals surface area contributed by atoms with Gasteiger partial charge in [-0.3, -0.25) is 9.69 Å². The molecule has 0 radical (unpaired) electrons. The molecule has 0 aromatic heterocycles. The maximum atomic E-state index is 11.6. The Morgan fingerprint density at radius 1 is 1.37 bits per heavy atom. The van der Waals surface area contributed by atoms with Crippen LogP contribution in [0.4, 0.5) is 4.79 Å². The van der Waals surface area contributed by atoms with E-state index in [1.54, 1.807) is 0 Å². The van der Waals surface area contributed by atoms with E-state index in [-0.39, 0.29) is 12.5 Å². The molecule has 1 aliphatic rings. The molecule has 102 valence electrons. The van der Waals surface area contributed by atoms with Gasteiger partial charge >= 0.3 is 6.09 Å². The van der Waals surface area contributed by atoms with Crippen molar-refractivity contribution < 1.29 is 14.3 Å². The highest BCUT2D eigenvalue weighted by Gasteiger charge is 2.23. The molecule has 1 saturated heterocycles. The van der Waals surface area contributed by atoms with Crippen molar-refractivity contribution in [1.29, 1.82) is 0 Å². The monoisotopic (exact) mass is 282 g/mol. The first kappa shape index (κ1) is 13.7. The lowest BCUT2D eigenvalue weighted by atomic mass is 10.1. The second-order valence-electron chi connectivity index (χ2n) is 4.26. The lowest BCUT2D eigenvalue weighted by Crippen LogP contribution is -2.38. The zero-order valence-corrected chi connectivity index (χ0v) is 11.2. The van der Waals surface area contributed by atoms with Gasteiger partial charge in [0.1, 0.15) is 13.2 Å². The molecule has 0 atom stereocenters. The minimum Gasteiger partial charge on any atom is -0.448 e. The molecule has 1 N–H and O–H groups in total. The topological polar surface area (TPSA) is 58.6 Å². The van der Waals surface area contributed by atoms with Gasteiger partial charge < -0.3 is 10.1 Å². The summed E-state index contributed by atoms with van der Waals surface area (Å²) in [6, 6.07) is 7.48. The van der Waals surface area contributed by atoms with E-state index in [1.807, 2.05) is 24.3 Å². The Bertz CT molecular complexity index is 461. The Kier molecular flexibility index (Phi) is 4.63. The zero-order chi connectivity index (χ0) is 13.7. The van der Waals surface area contributed by atoms with E-state index in [4.69, 9.17) is 16.3 Å². The number of carbonyl (C=O) groups is 2. The molecule has 0 aliphatic carbocycles. The van der Waals surface area contributed by atoms with Gasteiger partial charge in [0.2, 0.25) is 5.91 Å². The van der Waals surface area contributed by atoms with Gasteiger partial charge in [-0.15, -0.1) is 0 Å². The average molecular weight is 283 g/mol. The van der Waals surface area contributed by atoms with Gasteiger partial charge in [0.25, 0.3) is 0 Å². The predicted molar refractivity (Wildman–Crippen MR) is 71.1 cm³/mol. The smallest absolute Gasteiger partial charge is 0.410 e. The second-order valence-corrected chi connectivity index (χ2v) is 4.70. The summed E-state index contributed by atoms with van der Waals surface area (Å²) in [6.45, 7) is 1.42. The summed E-state index contributed by atoms with van der Waals surface area (Å²) in [5.74, 6) is -0.173. The Morgan fingerprint density at radius 3 is 2.74 bits per heavy atom. The SMILES string of the molecule is O=C(CN1CCOC1=O)NCCc1ccc(Cl)cc1. The summed E-state index contributed by atoms with van der Waals surface area (Å²) in [5, 5.41) is 3.47. The van der Waals surface area contributed by atoms with Crippen LogP contribution in [0, 0.1) is 0 Å². The van der Waals surface area contributed by atoms with E-state index >= 15 is 0 Å². The fraction of sp³-hybridized carbons (Fsp3) is 0.385. The number of hydrogen-bond donors (Lipinski definition) is 1. The van der Waals surface area contributed by atoms with Gasteiger partial charge in [-0.1, -0.05) is 23.7 Å². The normalized spacial score (nSPS) is 14.4. The first-order valence-corrected chi connectivity index (χ1v) is 6.46. The maximum Gasteiger partial charge on any atom is 0.410 e. The van der Waals surface area contributed by atoms with Crippen molar-refractivity contribution in [2.45, 2.75) is 6.42 Å². The van der Waals surface area contributed by atoms with Crippen molar-refractivity contribution in [2.24, 2.45) is 0 Å². The van der Waals surface area contributed by atoms with Crippen molar-refractivity contribution in [3.63, 3.8) is 0 Å². The molecular formula is C13H15ClN2O3. The highest BCUT2D eigenvalue weighted by molar-refractivity contribution is 6.30. The number of nitrogens with one attached hydrogen (secondary N) is 1. The molecule has 1 aromatic carbocycles. The first-order valence-electron chi connectivity index (χ1n) is 6.08. The summed E-state index contributed by atoms with van der Waals surface area (Å²) in [6.07, 6.45) is 0.306. The molecule has 6 heteroatoms. The van der Waals surface area contributed by atoms with E-state index in [9.17, 15) is 9.59 Å². The molecule has 2 rings (SSSR count). The lowest BCUT2D eigenvalue weighted by Gasteiger charge is -2.12. The summed E-state index contributed by atoms with van der Waals surface area (Å²) in [5.41, 5.74) is 1.10. The number of carbonyl (C=O) groups excluding carboxylic acids is 2. The van der Waals surface area contributed by atoms with Crippen molar-refractivity contribution >= 4 is 23.6 Å². The van der Waals surface area contributed by atoms with Crippen LogP contribution in [-0.4, -0.2) is 43.1 Å². The molecule has 19 heavy (non-hydrogen) atoms. The Balaban J connectivity index is 1.69. The highest BCUT2D eigenvalue weighted by atomic mass is 35.5. The van der Waals surface area contributed by atoms with Crippen LogP contribution < -0.4 is 5.32 Å². The molecule has 1 fully saturated rings. The quantitative estimate of drug-likeness (QED) is 0.889. The number of benzene rings is 1. The molecule has 2 amide bonds. The van der Waals surface area contributed by atoms with Crippen LogP contribution in [0.2, 0.25) is 5.02 Å². The third-order valence-corrected chi connectivity index (χ3v) is 3.08. The molecule has 0 bridgehead atoms. The highest BCUT2D eigenvalue weighted by Crippen LogP contribution is 2.09. The largest absolute Gasteiger partial charge is 0.448 e. The van der Waals surface area contributed by atoms with Crippen molar-refractivity contribution in [3.8, 4) is 0 Å². The van der Waals surface area contributed by atoms with Gasteiger partial charge in [0, 0.05) is 11.6 Å². The van der Waals surface area contributed by atoms with E-state index in [2.05, 4.69) is 5.32 Å². The number of rotatable bonds is 5. The zero-order valence-electron chi connectivity index (χ0n) is 10.4. The van der Waals surface area contributed by atoms with Crippen LogP contribution in [0.3, 0.4) is 0 Å². The van der Waals surface area contributed by atoms with Crippen LogP contribution in [0.1, 0.15) is 5.56 Å². The van der Waals surface area contributed by atoms with Gasteiger partial charge in [-0.25, -0.2) is 4.79 Å². The number of hydrogen-bond acceptors (Lipinski definition) is 3. The first-order chi connectivity index (χ1) is 9.15. The maximum absolute atomic E-state index is 11.6. The van der Waals surface area contributed by atoms with Crippen molar-refractivity contribution in [3.05, 3.63) is 34.9 Å². The van der Waals surface area contributed by atoms with Gasteiger partial charge in [-0.2, -0.15) is 0 Å². The van der Waals surface area contributed by atoms with E-state index < -0.39 is 6.09 Å². The molecule has 5 nitrogen and oxygen atoms in total. The standard InChI is InChI=1S/C13H15ClN2O3/c14-11-3-1-10(2-4-11)5-6-15-12(17)9-16-7-8-19-13(16)18/h1-4H,5-9H2,(H,15,17). The predicted octanol–water partition coefficient (Wildman–Crippen LogP) is 1.45. The molecule has 1 aliphatic heterocycles. The van der Waals surface area contributed by atoms with Crippen LogP contribution in [-0.2, 0) is 16.0 Å². The van der Waals surface area contributed by atoms with Gasteiger partial charge in [0.05, 0.1) is 6.54 Å². The van der Waals surface area contributed by atoms with E-state index in [1.165, 1.54) is 4.90 Å². The molecular weight excluding hydrogens is 268 g/mol. The fourth-order valence-corrected chi connectivity index (χ4v) is 1.92. The Labute approximate surface area is 116 Å². The molecule has 0 spiro atoms. The number of cyclic esters (lactones) is 1. The van der Waals surface area contributed by atoms with Crippen molar-refractivity contribution in [1.82, 2.24) is 10.2 Å². The molecule has 0 unspecified atom stereocenters. The van der Waals surface area contributed by atoms with Crippen LogP contribution in [0.15, 0.2) is 24.3 Å². The third kappa shape index (κ3) is 4.13. The van der Waals surface area contributed by atoms with Crippen LogP contribution in [0.5, 0.6) is 0 Å². The summed E-state index contributed by atoms with van der Waals surface area (Å²) in [7, 11) is 0. The summed E-state index contributed by atoms with van der Waals surface area (Å²) in [4.78, 5) is 24.1. The third-order valence-electron chi connectivity index (χ3n) is 2.83. The number of nitrogens with zero attached hydrogens (tertiary/aromatic N) is 1. The Morgan fingerprint density at radius 2 is 2.11 bits per heavy atom. The molecule has 1 aromatic rings. The Hall–Kier alpha value is -1.75. The van der Waals surface area contributed by atoms with Crippen molar-refractivity contribution in [2.75, 3.05) is 26.2 Å². The molecule has 0 saturated carbocycles. The minimum atomic E-state index is -0.423. The van der Waals surface area contributed by atoms with E-state index in [0.717, 1.165) is 12.0 Å². The average Bonchev–Trinajstić information content (AvgIpc) is 2.78. The number of amides is 2. The number of halogens is 1. The second kappa shape index (κ2) is 6.43. The minimum absolute atomic E-state index is 0.0550. The van der Waals surface area contributed by atoms with Crippen LogP contribution in [0.25, 0.3) is 0 Å². The molecule has 1 heterocycles. The summed E-state index contributed by atoms with van der Waals surface area (Å²) < 4.78 is 4.75.